The summed E-state index contributed by atoms with van der Waals surface area (Å²) in [6.45, 7) is 3.57. The summed E-state index contributed by atoms with van der Waals surface area (Å²) < 4.78 is 15.6. The number of pyridine rings is 1. The number of nitrogens with zero attached hydrogens (tertiary/aromatic N) is 6. The number of hydrogen-bond acceptors (Lipinski definition) is 7. The van der Waals surface area contributed by atoms with Crippen molar-refractivity contribution in [3.63, 3.8) is 0 Å². The number of anilines is 2. The number of carbonyl (C=O) groups is 1. The minimum absolute atomic E-state index is 0.134. The molecule has 1 aromatic carbocycles. The van der Waals surface area contributed by atoms with E-state index < -0.39 is 5.41 Å². The predicted molar refractivity (Wildman–Crippen MR) is 137 cm³/mol. The first-order chi connectivity index (χ1) is 17.7. The largest absolute Gasteiger partial charge is 0.383 e. The van der Waals surface area contributed by atoms with Crippen molar-refractivity contribution in [2.75, 3.05) is 11.1 Å². The van der Waals surface area contributed by atoms with Gasteiger partial charge in [-0.2, -0.15) is 0 Å². The van der Waals surface area contributed by atoms with Gasteiger partial charge in [-0.25, -0.2) is 24.3 Å². The van der Waals surface area contributed by atoms with E-state index in [1.807, 2.05) is 13.0 Å². The van der Waals surface area contributed by atoms with Gasteiger partial charge in [0.15, 0.2) is 11.5 Å². The Morgan fingerprint density at radius 2 is 2.03 bits per heavy atom. The summed E-state index contributed by atoms with van der Waals surface area (Å²) in [6.07, 6.45) is 7.03. The van der Waals surface area contributed by atoms with Crippen molar-refractivity contribution in [1.82, 2.24) is 29.3 Å². The third-order valence-corrected chi connectivity index (χ3v) is 7.01. The maximum Gasteiger partial charge on any atom is 0.242 e. The van der Waals surface area contributed by atoms with E-state index in [1.165, 1.54) is 18.3 Å². The minimum Gasteiger partial charge on any atom is -0.383 e. The lowest BCUT2D eigenvalue weighted by Crippen LogP contribution is -2.34. The number of hydrogen-bond donors (Lipinski definition) is 2. The van der Waals surface area contributed by atoms with Gasteiger partial charge < -0.3 is 15.5 Å². The maximum absolute atomic E-state index is 13.8. The highest BCUT2D eigenvalue weighted by atomic mass is 35.5. The summed E-state index contributed by atoms with van der Waals surface area (Å²) in [5, 5.41) is 3.33. The fraction of sp³-hybridized carbons (Fsp3) is 0.154. The number of halogens is 2. The lowest BCUT2D eigenvalue weighted by Gasteiger charge is -2.22. The molecule has 11 heteroatoms. The number of nitrogens with two attached hydrogens (primary N) is 1. The number of nitrogen functional groups attached to an aromatic ring is 1. The quantitative estimate of drug-likeness (QED) is 0.370. The van der Waals surface area contributed by atoms with E-state index >= 15 is 0 Å². The van der Waals surface area contributed by atoms with Crippen LogP contribution < -0.4 is 11.1 Å². The van der Waals surface area contributed by atoms with Gasteiger partial charge in [-0.1, -0.05) is 23.7 Å². The zero-order chi connectivity index (χ0) is 25.9. The summed E-state index contributed by atoms with van der Waals surface area (Å²) >= 11 is 6.15. The molecule has 4 aromatic heterocycles. The summed E-state index contributed by atoms with van der Waals surface area (Å²) in [6, 6.07) is 8.09. The second kappa shape index (κ2) is 8.31. The van der Waals surface area contributed by atoms with Gasteiger partial charge in [0.05, 0.1) is 22.0 Å². The third-order valence-electron chi connectivity index (χ3n) is 6.62. The van der Waals surface area contributed by atoms with Crippen LogP contribution in [-0.2, 0) is 16.6 Å². The summed E-state index contributed by atoms with van der Waals surface area (Å²) in [4.78, 5) is 35.9. The topological polar surface area (TPSA) is 124 Å². The molecule has 6 rings (SSSR count). The zero-order valence-corrected chi connectivity index (χ0v) is 20.6. The van der Waals surface area contributed by atoms with Gasteiger partial charge in [-0.05, 0) is 43.2 Å². The van der Waals surface area contributed by atoms with Crippen LogP contribution in [0.1, 0.15) is 35.0 Å². The standard InChI is InChI=1S/C26H20ClFN8O/c1-13-8-19(31-11-16(13)27)26(2)20-21(29)33-22(34-23(20)35-25(26)37)18-12-36-7-6-30-24(36)17(32-18)10-14-4-3-5-15(28)9-14/h3-9,11-12H,10H2,1-2H3,(H3,29,33,34,35,37). The molecule has 1 aliphatic rings. The Balaban J connectivity index is 1.46. The molecule has 9 nitrogen and oxygen atoms in total. The summed E-state index contributed by atoms with van der Waals surface area (Å²) in [5.41, 5.74) is 9.38. The second-order valence-electron chi connectivity index (χ2n) is 9.09. The van der Waals surface area contributed by atoms with Crippen molar-refractivity contribution in [2.45, 2.75) is 25.7 Å². The minimum atomic E-state index is -1.20. The fourth-order valence-electron chi connectivity index (χ4n) is 4.64. The molecular formula is C26H20ClFN8O. The number of fused-ring (bicyclic) bond motifs is 2. The van der Waals surface area contributed by atoms with Gasteiger partial charge in [-0.15, -0.1) is 0 Å². The normalized spacial score (nSPS) is 16.7. The van der Waals surface area contributed by atoms with Crippen molar-refractivity contribution >= 4 is 34.8 Å². The first kappa shape index (κ1) is 23.0. The Hall–Kier alpha value is -4.44. The summed E-state index contributed by atoms with van der Waals surface area (Å²) in [5.74, 6) is 0.0156. The van der Waals surface area contributed by atoms with E-state index in [4.69, 9.17) is 22.3 Å². The molecule has 1 aliphatic heterocycles. The van der Waals surface area contributed by atoms with Crippen molar-refractivity contribution < 1.29 is 9.18 Å². The Bertz CT molecular complexity index is 1740. The van der Waals surface area contributed by atoms with E-state index in [2.05, 4.69) is 25.3 Å². The molecule has 0 fully saturated rings. The van der Waals surface area contributed by atoms with Crippen LogP contribution in [0.25, 0.3) is 17.2 Å². The average molecular weight is 515 g/mol. The summed E-state index contributed by atoms with van der Waals surface area (Å²) in [7, 11) is 0. The molecule has 0 spiro atoms. The Labute approximate surface area is 215 Å². The monoisotopic (exact) mass is 514 g/mol. The van der Waals surface area contributed by atoms with Crippen LogP contribution >= 0.6 is 11.6 Å². The van der Waals surface area contributed by atoms with Crippen LogP contribution in [-0.4, -0.2) is 35.2 Å². The molecule has 5 aromatic rings. The van der Waals surface area contributed by atoms with E-state index in [0.29, 0.717) is 45.6 Å². The van der Waals surface area contributed by atoms with Gasteiger partial charge in [0.1, 0.15) is 28.6 Å². The number of benzene rings is 1. The van der Waals surface area contributed by atoms with Crippen LogP contribution in [0.2, 0.25) is 5.02 Å². The molecule has 1 amide bonds. The lowest BCUT2D eigenvalue weighted by molar-refractivity contribution is -0.119. The number of imidazole rings is 1. The number of nitrogens with one attached hydrogen (secondary N) is 1. The van der Waals surface area contributed by atoms with Gasteiger partial charge in [-0.3, -0.25) is 9.78 Å². The van der Waals surface area contributed by atoms with E-state index in [0.717, 1.165) is 11.1 Å². The van der Waals surface area contributed by atoms with Crippen LogP contribution in [0.15, 0.2) is 55.1 Å². The Morgan fingerprint density at radius 1 is 1.19 bits per heavy atom. The Kier molecular flexibility index (Phi) is 5.16. The zero-order valence-electron chi connectivity index (χ0n) is 19.8. The molecule has 184 valence electrons. The number of amides is 1. The highest BCUT2D eigenvalue weighted by Crippen LogP contribution is 2.44. The number of rotatable bonds is 4. The molecule has 0 radical (unpaired) electrons. The van der Waals surface area contributed by atoms with Crippen molar-refractivity contribution in [3.05, 3.63) is 94.0 Å². The Morgan fingerprint density at radius 3 is 2.81 bits per heavy atom. The smallest absolute Gasteiger partial charge is 0.242 e. The SMILES string of the molecule is Cc1cc(C2(C)C(=O)Nc3nc(-c4cn5ccnc5c(Cc5cccc(F)c5)n4)nc(N)c32)ncc1Cl. The van der Waals surface area contributed by atoms with Gasteiger partial charge in [0, 0.05) is 31.2 Å². The average Bonchev–Trinajstić information content (AvgIpc) is 3.44. The van der Waals surface area contributed by atoms with Crippen molar-refractivity contribution in [2.24, 2.45) is 0 Å². The number of aromatic nitrogens is 6. The third kappa shape index (κ3) is 3.68. The molecule has 1 atom stereocenters. The molecular weight excluding hydrogens is 495 g/mol. The number of aryl methyl sites for hydroxylation is 1. The van der Waals surface area contributed by atoms with Crippen LogP contribution in [0.5, 0.6) is 0 Å². The molecule has 0 saturated heterocycles. The molecule has 37 heavy (non-hydrogen) atoms. The van der Waals surface area contributed by atoms with E-state index in [-0.39, 0.29) is 23.4 Å². The molecule has 3 N–H and O–H groups in total. The fourth-order valence-corrected chi connectivity index (χ4v) is 4.75. The maximum atomic E-state index is 13.8. The lowest BCUT2D eigenvalue weighted by atomic mass is 9.80. The van der Waals surface area contributed by atoms with Crippen LogP contribution in [0.3, 0.4) is 0 Å². The molecule has 0 saturated carbocycles. The molecule has 0 aliphatic carbocycles. The van der Waals surface area contributed by atoms with E-state index in [9.17, 15) is 9.18 Å². The van der Waals surface area contributed by atoms with Crippen molar-refractivity contribution in [3.8, 4) is 11.5 Å². The van der Waals surface area contributed by atoms with Crippen molar-refractivity contribution in [1.29, 1.82) is 0 Å². The van der Waals surface area contributed by atoms with Gasteiger partial charge in [0.25, 0.3) is 0 Å². The molecule has 0 bridgehead atoms. The highest BCUT2D eigenvalue weighted by molar-refractivity contribution is 6.31. The molecule has 5 heterocycles. The van der Waals surface area contributed by atoms with Crippen LogP contribution in [0.4, 0.5) is 16.0 Å². The number of carbonyl (C=O) groups excluding carboxylic acids is 1. The van der Waals surface area contributed by atoms with E-state index in [1.54, 1.807) is 42.0 Å². The predicted octanol–water partition coefficient (Wildman–Crippen LogP) is 4.11. The first-order valence-corrected chi connectivity index (χ1v) is 11.8. The van der Waals surface area contributed by atoms with Gasteiger partial charge in [0.2, 0.25) is 5.91 Å². The second-order valence-corrected chi connectivity index (χ2v) is 9.50. The highest BCUT2D eigenvalue weighted by Gasteiger charge is 2.48. The molecule has 1 unspecified atom stereocenters. The first-order valence-electron chi connectivity index (χ1n) is 11.4. The van der Waals surface area contributed by atoms with Gasteiger partial charge >= 0.3 is 0 Å². The van der Waals surface area contributed by atoms with Crippen LogP contribution in [0, 0.1) is 12.7 Å².